The van der Waals surface area contributed by atoms with Crippen LogP contribution in [0.25, 0.3) is 0 Å². The molecule has 2 heterocycles. The number of carbonyl (C=O) groups excluding carboxylic acids is 2. The molecule has 0 aromatic heterocycles. The van der Waals surface area contributed by atoms with E-state index in [9.17, 15) is 45.3 Å². The van der Waals surface area contributed by atoms with Gasteiger partial charge in [0, 0.05) is 17.3 Å². The second-order valence-corrected chi connectivity index (χ2v) is 9.84. The number of aliphatic hydroxyl groups is 7. The van der Waals surface area contributed by atoms with Gasteiger partial charge in [0.2, 0.25) is 0 Å². The summed E-state index contributed by atoms with van der Waals surface area (Å²) in [4.78, 5) is 25.1. The van der Waals surface area contributed by atoms with Crippen LogP contribution in [0, 0.1) is 22.7 Å². The van der Waals surface area contributed by atoms with E-state index in [0.717, 1.165) is 0 Å². The molecular formula is C20H26O11. The van der Waals surface area contributed by atoms with Gasteiger partial charge in [0.05, 0.1) is 30.8 Å². The maximum absolute atomic E-state index is 12.6. The second-order valence-electron chi connectivity index (χ2n) is 9.84. The van der Waals surface area contributed by atoms with Crippen LogP contribution in [-0.2, 0) is 19.1 Å². The summed E-state index contributed by atoms with van der Waals surface area (Å²) in [6, 6.07) is 0. The molecule has 3 aliphatic carbocycles. The molecule has 2 saturated carbocycles. The van der Waals surface area contributed by atoms with Crippen LogP contribution >= 0.6 is 0 Å². The first-order valence-corrected chi connectivity index (χ1v) is 10.2. The number of carbonyl (C=O) groups is 2. The highest BCUT2D eigenvalue weighted by atomic mass is 16.6. The minimum Gasteiger partial charge on any atom is -0.457 e. The van der Waals surface area contributed by atoms with Crippen LogP contribution in [0.4, 0.5) is 0 Å². The number of esters is 1. The molecule has 0 aromatic carbocycles. The fraction of sp³-hybridized carbons (Fsp3) is 0.800. The summed E-state index contributed by atoms with van der Waals surface area (Å²) in [6.07, 6.45) is -9.69. The van der Waals surface area contributed by atoms with Gasteiger partial charge in [-0.05, 0) is 13.0 Å². The third-order valence-electron chi connectivity index (χ3n) is 8.94. The summed E-state index contributed by atoms with van der Waals surface area (Å²) in [5, 5.41) is 77.4. The number of rotatable bonds is 1. The summed E-state index contributed by atoms with van der Waals surface area (Å²) < 4.78 is 11.0. The smallest absolute Gasteiger partial charge is 0.338 e. The largest absolute Gasteiger partial charge is 0.457 e. The van der Waals surface area contributed by atoms with Gasteiger partial charge in [-0.25, -0.2) is 4.79 Å². The number of ketones is 1. The predicted octanol–water partition coefficient (Wildman–Crippen LogP) is -4.01. The van der Waals surface area contributed by atoms with E-state index in [1.807, 2.05) is 0 Å². The fourth-order valence-electron chi connectivity index (χ4n) is 7.78. The van der Waals surface area contributed by atoms with E-state index in [1.165, 1.54) is 13.0 Å². The van der Waals surface area contributed by atoms with Crippen molar-refractivity contribution in [2.24, 2.45) is 22.7 Å². The zero-order valence-corrected chi connectivity index (χ0v) is 16.9. The average molecular weight is 442 g/mol. The van der Waals surface area contributed by atoms with E-state index >= 15 is 0 Å². The summed E-state index contributed by atoms with van der Waals surface area (Å²) in [6.45, 7) is 1.40. The van der Waals surface area contributed by atoms with E-state index in [2.05, 4.69) is 0 Å². The van der Waals surface area contributed by atoms with Crippen molar-refractivity contribution >= 4 is 11.8 Å². The zero-order chi connectivity index (χ0) is 22.9. The molecule has 2 saturated heterocycles. The molecule has 2 bridgehead atoms. The molecule has 0 radical (unpaired) electrons. The van der Waals surface area contributed by atoms with Crippen molar-refractivity contribution in [3.63, 3.8) is 0 Å². The fourth-order valence-corrected chi connectivity index (χ4v) is 7.78. The maximum Gasteiger partial charge on any atom is 0.338 e. The lowest BCUT2D eigenvalue weighted by Crippen LogP contribution is -2.89. The molecule has 12 atom stereocenters. The van der Waals surface area contributed by atoms with Crippen molar-refractivity contribution in [3.05, 3.63) is 11.6 Å². The van der Waals surface area contributed by atoms with Crippen LogP contribution in [0.1, 0.15) is 13.8 Å². The molecule has 5 aliphatic rings. The van der Waals surface area contributed by atoms with E-state index in [1.54, 1.807) is 6.92 Å². The summed E-state index contributed by atoms with van der Waals surface area (Å²) in [5.41, 5.74) is -8.27. The quantitative estimate of drug-likeness (QED) is 0.196. The number of ether oxygens (including phenoxy) is 2. The van der Waals surface area contributed by atoms with Crippen molar-refractivity contribution in [2.45, 2.75) is 61.7 Å². The minimum atomic E-state index is -2.69. The van der Waals surface area contributed by atoms with Crippen LogP contribution in [0.15, 0.2) is 11.6 Å². The van der Waals surface area contributed by atoms with E-state index in [0.29, 0.717) is 5.57 Å². The van der Waals surface area contributed by atoms with Crippen LogP contribution < -0.4 is 0 Å². The Labute approximate surface area is 176 Å². The lowest BCUT2D eigenvalue weighted by molar-refractivity contribution is -0.370. The van der Waals surface area contributed by atoms with Crippen LogP contribution in [0.2, 0.25) is 0 Å². The summed E-state index contributed by atoms with van der Waals surface area (Å²) in [7, 11) is 0. The highest BCUT2D eigenvalue weighted by Gasteiger charge is 2.90. The molecule has 11 nitrogen and oxygen atoms in total. The van der Waals surface area contributed by atoms with E-state index < -0.39 is 95.5 Å². The van der Waals surface area contributed by atoms with Gasteiger partial charge in [-0.3, -0.25) is 4.79 Å². The molecule has 5 unspecified atom stereocenters. The third-order valence-corrected chi connectivity index (χ3v) is 8.94. The summed E-state index contributed by atoms with van der Waals surface area (Å²) in [5.74, 6) is -4.33. The number of aliphatic hydroxyl groups excluding tert-OH is 6. The Morgan fingerprint density at radius 1 is 1.10 bits per heavy atom. The standard InChI is InChI=1S/C20H26O11/c1-6-3-7(22)12(25)17(2)8(6)9(23)15-18-5-30-19(4-21,13(26)10(24)11(17)18)20(18,29)14(27)16(28)31-15/h3,8-15,21,23-27,29H,4-5H2,1-2H3/t8-,9?,10?,11-,12?,13?,14?,15-,17+,18+,19-,20+/m1/s1. The first-order valence-electron chi connectivity index (χ1n) is 10.2. The summed E-state index contributed by atoms with van der Waals surface area (Å²) >= 11 is 0. The number of hydrogen-bond acceptors (Lipinski definition) is 11. The van der Waals surface area contributed by atoms with Gasteiger partial charge in [-0.1, -0.05) is 12.5 Å². The third kappa shape index (κ3) is 1.84. The number of fused-ring (bicyclic) bond motifs is 2. The lowest BCUT2D eigenvalue weighted by Gasteiger charge is -2.71. The first-order chi connectivity index (χ1) is 14.4. The van der Waals surface area contributed by atoms with Gasteiger partial charge < -0.3 is 45.2 Å². The molecule has 11 heteroatoms. The van der Waals surface area contributed by atoms with E-state index in [4.69, 9.17) is 9.47 Å². The van der Waals surface area contributed by atoms with Crippen molar-refractivity contribution in [2.75, 3.05) is 13.2 Å². The van der Waals surface area contributed by atoms with Crippen molar-refractivity contribution in [1.29, 1.82) is 0 Å². The molecule has 31 heavy (non-hydrogen) atoms. The molecule has 2 aliphatic heterocycles. The Morgan fingerprint density at radius 2 is 1.74 bits per heavy atom. The molecule has 0 amide bonds. The van der Waals surface area contributed by atoms with Crippen LogP contribution in [-0.4, -0.2) is 109 Å². The average Bonchev–Trinajstić information content (AvgIpc) is 2.92. The molecule has 7 N–H and O–H groups in total. The highest BCUT2D eigenvalue weighted by Crippen LogP contribution is 2.73. The van der Waals surface area contributed by atoms with Crippen molar-refractivity contribution in [3.8, 4) is 0 Å². The minimum absolute atomic E-state index is 0.366. The lowest BCUT2D eigenvalue weighted by atomic mass is 9.36. The second kappa shape index (κ2) is 5.91. The Balaban J connectivity index is 1.87. The molecule has 5 rings (SSSR count). The van der Waals surface area contributed by atoms with Crippen molar-refractivity contribution < 1.29 is 54.8 Å². The topological polar surface area (TPSA) is 194 Å². The Kier molecular flexibility index (Phi) is 4.08. The van der Waals surface area contributed by atoms with Gasteiger partial charge in [-0.2, -0.15) is 0 Å². The Bertz CT molecular complexity index is 904. The molecular weight excluding hydrogens is 416 g/mol. The molecule has 0 aromatic rings. The van der Waals surface area contributed by atoms with Crippen LogP contribution in [0.3, 0.4) is 0 Å². The van der Waals surface area contributed by atoms with Crippen LogP contribution in [0.5, 0.6) is 0 Å². The number of hydrogen-bond donors (Lipinski definition) is 7. The van der Waals surface area contributed by atoms with Gasteiger partial charge >= 0.3 is 5.97 Å². The van der Waals surface area contributed by atoms with Gasteiger partial charge in [0.15, 0.2) is 17.5 Å². The highest BCUT2D eigenvalue weighted by molar-refractivity contribution is 5.96. The monoisotopic (exact) mass is 442 g/mol. The SMILES string of the molecule is CC1=CC(=O)C(O)[C@@]2(C)[C@H]1C(O)[C@H]1OC(=O)C(O)[C@]3(O)[C@]14CO[C@]3(CO)C(O)C(O)[C@H]24. The predicted molar refractivity (Wildman–Crippen MR) is 96.9 cm³/mol. The molecule has 4 fully saturated rings. The Morgan fingerprint density at radius 3 is 2.35 bits per heavy atom. The van der Waals surface area contributed by atoms with Gasteiger partial charge in [-0.15, -0.1) is 0 Å². The zero-order valence-electron chi connectivity index (χ0n) is 16.9. The van der Waals surface area contributed by atoms with Crippen molar-refractivity contribution in [1.82, 2.24) is 0 Å². The van der Waals surface area contributed by atoms with E-state index in [-0.39, 0.29) is 0 Å². The van der Waals surface area contributed by atoms with Gasteiger partial charge in [0.1, 0.15) is 23.9 Å². The normalized spacial score (nSPS) is 60.1. The molecule has 172 valence electrons. The Hall–Kier alpha value is -1.44. The molecule has 1 spiro atoms. The van der Waals surface area contributed by atoms with Gasteiger partial charge in [0.25, 0.3) is 0 Å². The maximum atomic E-state index is 12.6. The first kappa shape index (κ1) is 21.4.